The summed E-state index contributed by atoms with van der Waals surface area (Å²) in [6.07, 6.45) is 4.47. The van der Waals surface area contributed by atoms with E-state index in [1.54, 1.807) is 21.1 Å². The van der Waals surface area contributed by atoms with Gasteiger partial charge in [0.2, 0.25) is 0 Å². The maximum absolute atomic E-state index is 12.1. The lowest BCUT2D eigenvalue weighted by Crippen LogP contribution is -2.14. The van der Waals surface area contributed by atoms with E-state index < -0.39 is 11.9 Å². The molecule has 0 radical (unpaired) electrons. The van der Waals surface area contributed by atoms with Crippen molar-refractivity contribution in [2.45, 2.75) is 51.4 Å². The van der Waals surface area contributed by atoms with Crippen molar-refractivity contribution in [1.29, 1.82) is 0 Å². The summed E-state index contributed by atoms with van der Waals surface area (Å²) in [6, 6.07) is 23.4. The number of hydrogen-bond donors (Lipinski definition) is 1. The Bertz CT molecular complexity index is 1490. The van der Waals surface area contributed by atoms with Crippen molar-refractivity contribution in [3.05, 3.63) is 83.9 Å². The maximum Gasteiger partial charge on any atom is 0.313 e. The number of carbonyl (C=O) groups excluding carboxylic acids is 1. The molecule has 0 saturated heterocycles. The third-order valence-corrected chi connectivity index (χ3v) is 8.84. The summed E-state index contributed by atoms with van der Waals surface area (Å²) in [4.78, 5) is 23.0. The lowest BCUT2D eigenvalue weighted by atomic mass is 9.98. The molecule has 45 heavy (non-hydrogen) atoms. The molecule has 9 heteroatoms. The molecule has 1 N–H and O–H groups in total. The number of alkyl halides is 3. The second kappa shape index (κ2) is 21.2. The molecule has 0 bridgehead atoms. The predicted molar refractivity (Wildman–Crippen MR) is 196 cm³/mol. The summed E-state index contributed by atoms with van der Waals surface area (Å²) in [7, 11) is 3.28. The molecule has 2 atom stereocenters. The van der Waals surface area contributed by atoms with Crippen molar-refractivity contribution >= 4 is 81.3 Å². The molecule has 0 aliphatic rings. The van der Waals surface area contributed by atoms with Gasteiger partial charge >= 0.3 is 11.9 Å². The average molecular weight is 811 g/mol. The molecule has 6 nitrogen and oxygen atoms in total. The van der Waals surface area contributed by atoms with Crippen LogP contribution in [0.3, 0.4) is 0 Å². The Morgan fingerprint density at radius 1 is 0.622 bits per heavy atom. The zero-order chi connectivity index (χ0) is 33.2. The number of methoxy groups -OCH3 is 2. The van der Waals surface area contributed by atoms with Gasteiger partial charge in [0.25, 0.3) is 0 Å². The third-order valence-electron chi connectivity index (χ3n) is 7.16. The zero-order valence-electron chi connectivity index (χ0n) is 26.4. The minimum Gasteiger partial charge on any atom is -0.497 e. The number of aliphatic carboxylic acids is 1. The number of carboxylic acid groups (broad SMARTS) is 1. The van der Waals surface area contributed by atoms with E-state index in [4.69, 9.17) is 19.3 Å². The summed E-state index contributed by atoms with van der Waals surface area (Å²) in [5.74, 6) is -0.0756. The summed E-state index contributed by atoms with van der Waals surface area (Å²) >= 11 is 10.0. The van der Waals surface area contributed by atoms with Crippen LogP contribution in [-0.4, -0.2) is 53.9 Å². The second-order valence-electron chi connectivity index (χ2n) is 10.4. The number of carbonyl (C=O) groups is 2. The number of hydrogen-bond acceptors (Lipinski definition) is 5. The molecule has 0 amide bonds. The van der Waals surface area contributed by atoms with Gasteiger partial charge < -0.3 is 19.3 Å². The number of benzene rings is 4. The molecule has 4 aromatic carbocycles. The molecule has 0 aliphatic heterocycles. The van der Waals surface area contributed by atoms with Crippen molar-refractivity contribution in [3.8, 4) is 11.5 Å². The van der Waals surface area contributed by atoms with E-state index in [1.807, 2.05) is 79.7 Å². The molecule has 244 valence electrons. The minimum atomic E-state index is -0.808. The number of rotatable bonds is 13. The van der Waals surface area contributed by atoms with E-state index in [-0.39, 0.29) is 11.9 Å². The van der Waals surface area contributed by atoms with Crippen LogP contribution in [0.5, 0.6) is 11.5 Å². The fourth-order valence-electron chi connectivity index (χ4n) is 4.24. The number of unbranched alkanes of at least 4 members (excludes halogenated alkanes) is 2. The van der Waals surface area contributed by atoms with Crippen LogP contribution in [0.4, 0.5) is 0 Å². The van der Waals surface area contributed by atoms with Gasteiger partial charge in [0.05, 0.1) is 32.7 Å². The summed E-state index contributed by atoms with van der Waals surface area (Å²) in [5, 5.41) is 16.4. The van der Waals surface area contributed by atoms with Gasteiger partial charge in [-0.15, -0.1) is 0 Å². The minimum absolute atomic E-state index is 0.164. The van der Waals surface area contributed by atoms with Crippen LogP contribution in [0.15, 0.2) is 72.8 Å². The van der Waals surface area contributed by atoms with Crippen molar-refractivity contribution in [2.75, 3.05) is 36.8 Å². The highest BCUT2D eigenvalue weighted by Gasteiger charge is 2.17. The first kappa shape index (κ1) is 38.6. The van der Waals surface area contributed by atoms with Crippen molar-refractivity contribution < 1.29 is 28.9 Å². The molecule has 0 fully saturated rings. The largest absolute Gasteiger partial charge is 0.497 e. The fourth-order valence-corrected chi connectivity index (χ4v) is 5.43. The highest BCUT2D eigenvalue weighted by Crippen LogP contribution is 2.27. The first-order valence-corrected chi connectivity index (χ1v) is 18.3. The van der Waals surface area contributed by atoms with Gasteiger partial charge in [-0.05, 0) is 96.5 Å². The predicted octanol–water partition coefficient (Wildman–Crippen LogP) is 10.3. The van der Waals surface area contributed by atoms with Crippen LogP contribution in [-0.2, 0) is 14.3 Å². The molecular weight excluding hydrogens is 768 g/mol. The zero-order valence-corrected chi connectivity index (χ0v) is 31.1. The Labute approximate surface area is 292 Å². The second-order valence-corrected chi connectivity index (χ2v) is 12.8. The highest BCUT2D eigenvalue weighted by atomic mass is 79.9. The van der Waals surface area contributed by atoms with E-state index >= 15 is 0 Å². The molecule has 0 spiro atoms. The van der Waals surface area contributed by atoms with E-state index in [0.717, 1.165) is 73.0 Å². The Morgan fingerprint density at radius 2 is 1.02 bits per heavy atom. The Hall–Kier alpha value is -2.62. The van der Waals surface area contributed by atoms with Crippen LogP contribution < -0.4 is 9.47 Å². The quantitative estimate of drug-likeness (QED) is 0.0823. The SMILES string of the molecule is BrCCCCBr.COc1ccc2cc([C@H](C)C(=O)O)ccc2c1.COc1ccc2cc([C@H](C)C(=O)OCCCCBr)ccc2c1. The van der Waals surface area contributed by atoms with E-state index in [9.17, 15) is 9.59 Å². The van der Waals surface area contributed by atoms with Crippen molar-refractivity contribution in [3.63, 3.8) is 0 Å². The first-order valence-electron chi connectivity index (χ1n) is 14.9. The number of esters is 1. The van der Waals surface area contributed by atoms with Gasteiger partial charge in [-0.1, -0.05) is 96.3 Å². The smallest absolute Gasteiger partial charge is 0.313 e. The molecule has 4 rings (SSSR count). The van der Waals surface area contributed by atoms with Crippen LogP contribution in [0, 0.1) is 0 Å². The van der Waals surface area contributed by atoms with Gasteiger partial charge in [-0.2, -0.15) is 0 Å². The molecule has 0 heterocycles. The van der Waals surface area contributed by atoms with Crippen molar-refractivity contribution in [1.82, 2.24) is 0 Å². The topological polar surface area (TPSA) is 82.1 Å². The summed E-state index contributed by atoms with van der Waals surface area (Å²) < 4.78 is 15.7. The Balaban J connectivity index is 0.000000272. The molecule has 4 aromatic rings. The number of halogens is 3. The van der Waals surface area contributed by atoms with Crippen LogP contribution in [0.1, 0.15) is 62.5 Å². The summed E-state index contributed by atoms with van der Waals surface area (Å²) in [6.45, 7) is 4.06. The highest BCUT2D eigenvalue weighted by molar-refractivity contribution is 9.09. The van der Waals surface area contributed by atoms with E-state index in [1.165, 1.54) is 12.8 Å². The Morgan fingerprint density at radius 3 is 1.44 bits per heavy atom. The standard InChI is InChI=1S/C18H21BrO3.C14H14O3.C4H8Br2/c1-13(18(20)22-10-4-3-9-19)14-5-6-16-12-17(21-2)8-7-15(16)11-14;1-9(14(15)16)10-3-4-12-8-13(17-2)6-5-11(12)7-10;5-3-1-2-4-6/h5-8,11-13H,3-4,9-10H2,1-2H3;3-9H,1-2H3,(H,15,16);1-4H2/t13-;9-;/m00./s1. The first-order chi connectivity index (χ1) is 21.7. The van der Waals surface area contributed by atoms with Crippen molar-refractivity contribution in [2.24, 2.45) is 0 Å². The van der Waals surface area contributed by atoms with E-state index in [0.29, 0.717) is 6.61 Å². The van der Waals surface area contributed by atoms with Gasteiger partial charge in [0.15, 0.2) is 0 Å². The molecule has 0 aliphatic carbocycles. The van der Waals surface area contributed by atoms with E-state index in [2.05, 4.69) is 47.8 Å². The Kier molecular flexibility index (Phi) is 18.2. The fraction of sp³-hybridized carbons (Fsp3) is 0.389. The van der Waals surface area contributed by atoms with Gasteiger partial charge in [0, 0.05) is 16.0 Å². The lowest BCUT2D eigenvalue weighted by Gasteiger charge is -2.13. The molecular formula is C36H43Br3O6. The average Bonchev–Trinajstić information content (AvgIpc) is 3.07. The van der Waals surface area contributed by atoms with Crippen LogP contribution >= 0.6 is 47.8 Å². The maximum atomic E-state index is 12.1. The monoisotopic (exact) mass is 808 g/mol. The lowest BCUT2D eigenvalue weighted by molar-refractivity contribution is -0.145. The molecule has 0 aromatic heterocycles. The number of carboxylic acids is 1. The number of ether oxygens (including phenoxy) is 3. The van der Waals surface area contributed by atoms with Gasteiger partial charge in [-0.3, -0.25) is 9.59 Å². The third kappa shape index (κ3) is 13.0. The number of fused-ring (bicyclic) bond motifs is 2. The van der Waals surface area contributed by atoms with Crippen LogP contribution in [0.2, 0.25) is 0 Å². The van der Waals surface area contributed by atoms with Gasteiger partial charge in [0.1, 0.15) is 11.5 Å². The normalized spacial score (nSPS) is 11.8. The molecule has 0 unspecified atom stereocenters. The van der Waals surface area contributed by atoms with Gasteiger partial charge in [-0.25, -0.2) is 0 Å². The summed E-state index contributed by atoms with van der Waals surface area (Å²) in [5.41, 5.74) is 1.79. The van der Waals surface area contributed by atoms with Crippen LogP contribution in [0.25, 0.3) is 21.5 Å². The molecule has 0 saturated carbocycles.